The molecule has 0 atom stereocenters. The number of likely N-dealkylation sites (tertiary alicyclic amines) is 1. The lowest BCUT2D eigenvalue weighted by Gasteiger charge is -2.38. The van der Waals surface area contributed by atoms with E-state index in [0.29, 0.717) is 18.0 Å². The molecule has 92 valence electrons. The van der Waals surface area contributed by atoms with Gasteiger partial charge < -0.3 is 10.0 Å². The Kier molecular flexibility index (Phi) is 3.89. The number of carbonyl (C=O) groups excluding carboxylic acids is 1. The minimum atomic E-state index is -0.802. The van der Waals surface area contributed by atoms with E-state index >= 15 is 0 Å². The van der Waals surface area contributed by atoms with Gasteiger partial charge in [-0.1, -0.05) is 0 Å². The smallest absolute Gasteiger partial charge is 0.303 e. The molecule has 1 aliphatic rings. The highest BCUT2D eigenvalue weighted by Gasteiger charge is 2.33. The maximum absolute atomic E-state index is 12.0. The number of hydrogen-bond donors (Lipinski definition) is 1. The molecule has 0 aliphatic carbocycles. The Morgan fingerprint density at radius 2 is 2.12 bits per heavy atom. The van der Waals surface area contributed by atoms with Gasteiger partial charge in [-0.3, -0.25) is 9.59 Å². The van der Waals surface area contributed by atoms with E-state index in [0.717, 1.165) is 8.26 Å². The van der Waals surface area contributed by atoms with Crippen molar-refractivity contribution < 1.29 is 14.7 Å². The first-order valence-corrected chi connectivity index (χ1v) is 7.33. The van der Waals surface area contributed by atoms with Crippen molar-refractivity contribution in [3.63, 3.8) is 0 Å². The molecular weight excluding hydrogens is 374 g/mol. The highest BCUT2D eigenvalue weighted by Crippen LogP contribution is 2.34. The fraction of sp³-hybridized carbons (Fsp3) is 0.400. The highest BCUT2D eigenvalue weighted by molar-refractivity contribution is 9.13. The second-order valence-corrected chi connectivity index (χ2v) is 7.13. The molecule has 1 N–H and O–H groups in total. The van der Waals surface area contributed by atoms with Gasteiger partial charge in [0.2, 0.25) is 0 Å². The van der Waals surface area contributed by atoms with Crippen LogP contribution >= 0.6 is 43.2 Å². The first-order valence-electron chi connectivity index (χ1n) is 4.93. The maximum Gasteiger partial charge on any atom is 0.303 e. The van der Waals surface area contributed by atoms with E-state index in [1.165, 1.54) is 11.3 Å². The number of aliphatic carboxylic acids is 1. The first-order chi connectivity index (χ1) is 7.97. The summed E-state index contributed by atoms with van der Waals surface area (Å²) in [5.74, 6) is -0.727. The standard InChI is InChI=1S/C10H9Br2NO3S/c11-6-2-7(17-9(6)12)10(16)13-3-5(4-13)1-8(14)15/h2,5H,1,3-4H2,(H,14,15). The van der Waals surface area contributed by atoms with Gasteiger partial charge in [0.15, 0.2) is 0 Å². The molecule has 2 heterocycles. The van der Waals surface area contributed by atoms with Crippen LogP contribution in [0.4, 0.5) is 0 Å². The van der Waals surface area contributed by atoms with Crippen LogP contribution in [0.15, 0.2) is 14.3 Å². The Labute approximate surface area is 119 Å². The van der Waals surface area contributed by atoms with Gasteiger partial charge >= 0.3 is 5.97 Å². The normalized spacial score (nSPS) is 15.8. The van der Waals surface area contributed by atoms with E-state index in [1.807, 2.05) is 0 Å². The number of carboxylic acid groups (broad SMARTS) is 1. The van der Waals surface area contributed by atoms with Crippen molar-refractivity contribution in [3.8, 4) is 0 Å². The van der Waals surface area contributed by atoms with E-state index in [9.17, 15) is 9.59 Å². The van der Waals surface area contributed by atoms with Crippen molar-refractivity contribution >= 4 is 55.1 Å². The zero-order chi connectivity index (χ0) is 12.6. The molecule has 0 bridgehead atoms. The second-order valence-electron chi connectivity index (χ2n) is 3.91. The van der Waals surface area contributed by atoms with Crippen LogP contribution in [-0.2, 0) is 4.79 Å². The summed E-state index contributed by atoms with van der Waals surface area (Å²) in [7, 11) is 0. The molecule has 0 saturated carbocycles. The van der Waals surface area contributed by atoms with Gasteiger partial charge in [0, 0.05) is 23.5 Å². The van der Waals surface area contributed by atoms with Crippen LogP contribution in [0.25, 0.3) is 0 Å². The average Bonchev–Trinajstić information content (AvgIpc) is 2.51. The predicted octanol–water partition coefficient (Wildman–Crippen LogP) is 2.82. The molecule has 1 aliphatic heterocycles. The molecule has 17 heavy (non-hydrogen) atoms. The molecule has 0 aromatic carbocycles. The number of amides is 1. The first kappa shape index (κ1) is 13.0. The molecule has 0 spiro atoms. The van der Waals surface area contributed by atoms with Crippen molar-refractivity contribution in [3.05, 3.63) is 19.2 Å². The quantitative estimate of drug-likeness (QED) is 0.874. The summed E-state index contributed by atoms with van der Waals surface area (Å²) in [5.41, 5.74) is 0. The minimum absolute atomic E-state index is 0.0250. The van der Waals surface area contributed by atoms with Crippen LogP contribution in [0.2, 0.25) is 0 Å². The third kappa shape index (κ3) is 2.89. The molecular formula is C10H9Br2NO3S. The van der Waals surface area contributed by atoms with E-state index in [1.54, 1.807) is 11.0 Å². The average molecular weight is 383 g/mol. The van der Waals surface area contributed by atoms with Gasteiger partial charge in [-0.05, 0) is 37.9 Å². The second kappa shape index (κ2) is 5.07. The monoisotopic (exact) mass is 381 g/mol. The maximum atomic E-state index is 12.0. The van der Waals surface area contributed by atoms with E-state index in [4.69, 9.17) is 5.11 Å². The summed E-state index contributed by atoms with van der Waals surface area (Å²) < 4.78 is 1.76. The lowest BCUT2D eigenvalue weighted by atomic mass is 9.96. The molecule has 0 unspecified atom stereocenters. The van der Waals surface area contributed by atoms with Crippen molar-refractivity contribution in [2.24, 2.45) is 5.92 Å². The molecule has 1 fully saturated rings. The van der Waals surface area contributed by atoms with Crippen LogP contribution in [-0.4, -0.2) is 35.0 Å². The number of halogens is 2. The Morgan fingerprint density at radius 3 is 2.59 bits per heavy atom. The van der Waals surface area contributed by atoms with Gasteiger partial charge in [0.25, 0.3) is 5.91 Å². The van der Waals surface area contributed by atoms with Gasteiger partial charge in [0.05, 0.1) is 15.1 Å². The Hall–Kier alpha value is -0.400. The van der Waals surface area contributed by atoms with Crippen molar-refractivity contribution in [1.82, 2.24) is 4.90 Å². The Balaban J connectivity index is 1.93. The van der Waals surface area contributed by atoms with Crippen LogP contribution in [0.1, 0.15) is 16.1 Å². The van der Waals surface area contributed by atoms with Crippen LogP contribution in [0, 0.1) is 5.92 Å². The van der Waals surface area contributed by atoms with Crippen molar-refractivity contribution in [2.75, 3.05) is 13.1 Å². The number of hydrogen-bond acceptors (Lipinski definition) is 3. The number of nitrogens with zero attached hydrogens (tertiary/aromatic N) is 1. The summed E-state index contributed by atoms with van der Waals surface area (Å²) in [4.78, 5) is 24.8. The highest BCUT2D eigenvalue weighted by atomic mass is 79.9. The number of carbonyl (C=O) groups is 2. The Morgan fingerprint density at radius 1 is 1.47 bits per heavy atom. The molecule has 1 aromatic heterocycles. The van der Waals surface area contributed by atoms with Crippen LogP contribution in [0.5, 0.6) is 0 Å². The summed E-state index contributed by atoms with van der Waals surface area (Å²) in [6.07, 6.45) is 0.140. The fourth-order valence-electron chi connectivity index (χ4n) is 1.72. The van der Waals surface area contributed by atoms with Gasteiger partial charge in [-0.15, -0.1) is 11.3 Å². The van der Waals surface area contributed by atoms with E-state index < -0.39 is 5.97 Å². The van der Waals surface area contributed by atoms with E-state index in [-0.39, 0.29) is 18.2 Å². The molecule has 1 amide bonds. The van der Waals surface area contributed by atoms with Crippen LogP contribution in [0.3, 0.4) is 0 Å². The molecule has 2 rings (SSSR count). The molecule has 4 nitrogen and oxygen atoms in total. The summed E-state index contributed by atoms with van der Waals surface area (Å²) in [5, 5.41) is 8.62. The number of thiophene rings is 1. The van der Waals surface area contributed by atoms with Gasteiger partial charge in [0.1, 0.15) is 0 Å². The fourth-order valence-corrected chi connectivity index (χ4v) is 3.72. The third-order valence-electron chi connectivity index (χ3n) is 2.56. The molecule has 1 saturated heterocycles. The predicted molar refractivity (Wildman–Crippen MR) is 71.4 cm³/mol. The summed E-state index contributed by atoms with van der Waals surface area (Å²) in [6, 6.07) is 1.78. The van der Waals surface area contributed by atoms with Crippen molar-refractivity contribution in [1.29, 1.82) is 0 Å². The van der Waals surface area contributed by atoms with E-state index in [2.05, 4.69) is 31.9 Å². The summed E-state index contributed by atoms with van der Waals surface area (Å²) >= 11 is 8.05. The number of carboxylic acids is 1. The Bertz CT molecular complexity index is 449. The lowest BCUT2D eigenvalue weighted by molar-refractivity contribution is -0.139. The minimum Gasteiger partial charge on any atom is -0.481 e. The van der Waals surface area contributed by atoms with Crippen LogP contribution < -0.4 is 0 Å². The van der Waals surface area contributed by atoms with Gasteiger partial charge in [-0.25, -0.2) is 0 Å². The van der Waals surface area contributed by atoms with Crippen molar-refractivity contribution in [2.45, 2.75) is 6.42 Å². The molecule has 7 heteroatoms. The zero-order valence-electron chi connectivity index (χ0n) is 8.65. The SMILES string of the molecule is O=C(O)CC1CN(C(=O)c2cc(Br)c(Br)s2)C1. The summed E-state index contributed by atoms with van der Waals surface area (Å²) in [6.45, 7) is 1.08. The largest absolute Gasteiger partial charge is 0.481 e. The number of rotatable bonds is 3. The zero-order valence-corrected chi connectivity index (χ0v) is 12.6. The molecule has 1 aromatic rings. The topological polar surface area (TPSA) is 57.6 Å². The lowest BCUT2D eigenvalue weighted by Crippen LogP contribution is -2.50. The van der Waals surface area contributed by atoms with Gasteiger partial charge in [-0.2, -0.15) is 0 Å². The third-order valence-corrected chi connectivity index (χ3v) is 5.81. The molecule has 0 radical (unpaired) electrons.